The van der Waals surface area contributed by atoms with Gasteiger partial charge < -0.3 is 5.32 Å². The number of sulfonamides is 1. The first kappa shape index (κ1) is 21.5. The smallest absolute Gasteiger partial charge is 0.264 e. The number of amides is 1. The number of nitrogens with one attached hydrogen (secondary N) is 1. The Labute approximate surface area is 179 Å². The minimum atomic E-state index is -4.00. The highest BCUT2D eigenvalue weighted by atomic mass is 35.5. The summed E-state index contributed by atoms with van der Waals surface area (Å²) in [5, 5.41) is 2.92. The van der Waals surface area contributed by atoms with E-state index in [0.717, 1.165) is 4.31 Å². The van der Waals surface area contributed by atoms with Gasteiger partial charge in [-0.1, -0.05) is 35.9 Å². The van der Waals surface area contributed by atoms with E-state index in [-0.39, 0.29) is 22.7 Å². The topological polar surface area (TPSA) is 66.5 Å². The lowest BCUT2D eigenvalue weighted by atomic mass is 10.2. The molecule has 0 heterocycles. The normalized spacial score (nSPS) is 11.0. The molecule has 8 heteroatoms. The van der Waals surface area contributed by atoms with Crippen LogP contribution in [-0.4, -0.2) is 20.9 Å². The average Bonchev–Trinajstić information content (AvgIpc) is 2.74. The molecule has 3 aromatic carbocycles. The van der Waals surface area contributed by atoms with Crippen LogP contribution in [0.25, 0.3) is 0 Å². The number of halogens is 2. The van der Waals surface area contributed by atoms with Gasteiger partial charge in [-0.2, -0.15) is 0 Å². The average molecular weight is 445 g/mol. The summed E-state index contributed by atoms with van der Waals surface area (Å²) in [6.45, 7) is 3.64. The van der Waals surface area contributed by atoms with Crippen LogP contribution < -0.4 is 9.62 Å². The van der Waals surface area contributed by atoms with Gasteiger partial charge in [-0.15, -0.1) is 6.58 Å². The fourth-order valence-electron chi connectivity index (χ4n) is 2.75. The second kappa shape index (κ2) is 9.11. The summed E-state index contributed by atoms with van der Waals surface area (Å²) in [7, 11) is -4.00. The Morgan fingerprint density at radius 3 is 2.43 bits per heavy atom. The van der Waals surface area contributed by atoms with Crippen molar-refractivity contribution in [1.82, 2.24) is 0 Å². The lowest BCUT2D eigenvalue weighted by Gasteiger charge is -2.23. The maximum absolute atomic E-state index is 13.8. The van der Waals surface area contributed by atoms with Crippen LogP contribution in [0, 0.1) is 5.82 Å². The Morgan fingerprint density at radius 2 is 1.77 bits per heavy atom. The van der Waals surface area contributed by atoms with E-state index in [4.69, 9.17) is 11.6 Å². The third-order valence-corrected chi connectivity index (χ3v) is 6.26. The van der Waals surface area contributed by atoms with Crippen LogP contribution >= 0.6 is 11.6 Å². The number of rotatable bonds is 7. The first-order chi connectivity index (χ1) is 14.3. The highest BCUT2D eigenvalue weighted by molar-refractivity contribution is 7.92. The summed E-state index contributed by atoms with van der Waals surface area (Å²) in [6, 6.07) is 17.6. The molecule has 0 bridgehead atoms. The monoisotopic (exact) mass is 444 g/mol. The molecule has 0 aromatic heterocycles. The van der Waals surface area contributed by atoms with Gasteiger partial charge in [0.15, 0.2) is 0 Å². The molecule has 0 aliphatic carbocycles. The number of para-hydroxylation sites is 1. The fourth-order valence-corrected chi connectivity index (χ4v) is 4.36. The zero-order valence-corrected chi connectivity index (χ0v) is 17.3. The van der Waals surface area contributed by atoms with E-state index in [1.807, 2.05) is 0 Å². The van der Waals surface area contributed by atoms with E-state index in [2.05, 4.69) is 11.9 Å². The predicted molar refractivity (Wildman–Crippen MR) is 117 cm³/mol. The first-order valence-corrected chi connectivity index (χ1v) is 10.7. The van der Waals surface area contributed by atoms with Crippen molar-refractivity contribution in [2.24, 2.45) is 0 Å². The first-order valence-electron chi connectivity index (χ1n) is 8.88. The highest BCUT2D eigenvalue weighted by Crippen LogP contribution is 2.26. The van der Waals surface area contributed by atoms with Crippen molar-refractivity contribution < 1.29 is 17.6 Å². The van der Waals surface area contributed by atoms with Crippen molar-refractivity contribution >= 4 is 38.9 Å². The molecular formula is C22H18ClFN2O3S. The Kier molecular flexibility index (Phi) is 6.54. The second-order valence-corrected chi connectivity index (χ2v) is 8.56. The van der Waals surface area contributed by atoms with E-state index < -0.39 is 21.7 Å². The number of anilines is 2. The third kappa shape index (κ3) is 4.69. The van der Waals surface area contributed by atoms with Gasteiger partial charge in [0.25, 0.3) is 15.9 Å². The number of carbonyl (C=O) groups excluding carboxylic acids is 1. The van der Waals surface area contributed by atoms with Crippen molar-refractivity contribution in [1.29, 1.82) is 0 Å². The quantitative estimate of drug-likeness (QED) is 0.515. The van der Waals surface area contributed by atoms with E-state index in [1.165, 1.54) is 48.5 Å². The van der Waals surface area contributed by atoms with Crippen LogP contribution in [0.2, 0.25) is 5.02 Å². The summed E-state index contributed by atoms with van der Waals surface area (Å²) in [4.78, 5) is 12.4. The molecule has 5 nitrogen and oxygen atoms in total. The van der Waals surface area contributed by atoms with Gasteiger partial charge in [0.2, 0.25) is 0 Å². The summed E-state index contributed by atoms with van der Waals surface area (Å²) < 4.78 is 41.5. The molecule has 1 amide bonds. The molecular weight excluding hydrogens is 427 g/mol. The molecule has 30 heavy (non-hydrogen) atoms. The summed E-state index contributed by atoms with van der Waals surface area (Å²) >= 11 is 5.90. The van der Waals surface area contributed by atoms with Gasteiger partial charge in [-0.3, -0.25) is 9.10 Å². The molecule has 0 saturated heterocycles. The number of benzene rings is 3. The van der Waals surface area contributed by atoms with Crippen molar-refractivity contribution in [2.75, 3.05) is 16.2 Å². The third-order valence-electron chi connectivity index (χ3n) is 4.22. The van der Waals surface area contributed by atoms with Gasteiger partial charge in [0.1, 0.15) is 5.82 Å². The van der Waals surface area contributed by atoms with Crippen LogP contribution in [0.15, 0.2) is 90.3 Å². The van der Waals surface area contributed by atoms with E-state index >= 15 is 0 Å². The summed E-state index contributed by atoms with van der Waals surface area (Å²) in [5.41, 5.74) is 0.486. The van der Waals surface area contributed by atoms with E-state index in [1.54, 1.807) is 30.3 Å². The van der Waals surface area contributed by atoms with Gasteiger partial charge in [0.05, 0.1) is 22.8 Å². The van der Waals surface area contributed by atoms with Crippen molar-refractivity contribution in [3.05, 3.63) is 102 Å². The molecule has 3 aromatic rings. The zero-order chi connectivity index (χ0) is 21.7. The Hall–Kier alpha value is -3.16. The van der Waals surface area contributed by atoms with E-state index in [9.17, 15) is 17.6 Å². The fraction of sp³-hybridized carbons (Fsp3) is 0.0455. The molecule has 0 spiro atoms. The molecule has 0 radical (unpaired) electrons. The largest absolute Gasteiger partial charge is 0.319 e. The van der Waals surface area contributed by atoms with Crippen LogP contribution in [-0.2, 0) is 10.0 Å². The minimum absolute atomic E-state index is 0.00482. The molecule has 0 aliphatic rings. The lowest BCUT2D eigenvalue weighted by molar-refractivity contribution is 0.102. The molecule has 0 saturated carbocycles. The molecule has 0 fully saturated rings. The van der Waals surface area contributed by atoms with Gasteiger partial charge in [-0.05, 0) is 54.6 Å². The summed E-state index contributed by atoms with van der Waals surface area (Å²) in [5.74, 6) is -1.21. The molecule has 154 valence electrons. The lowest BCUT2D eigenvalue weighted by Crippen LogP contribution is -2.31. The molecule has 0 aliphatic heterocycles. The minimum Gasteiger partial charge on any atom is -0.319 e. The number of nitrogens with zero attached hydrogens (tertiary/aromatic N) is 1. The maximum atomic E-state index is 13.8. The van der Waals surface area contributed by atoms with Crippen LogP contribution in [0.4, 0.5) is 15.8 Å². The van der Waals surface area contributed by atoms with Crippen LogP contribution in [0.1, 0.15) is 10.4 Å². The zero-order valence-electron chi connectivity index (χ0n) is 15.8. The van der Waals surface area contributed by atoms with Crippen molar-refractivity contribution in [3.63, 3.8) is 0 Å². The maximum Gasteiger partial charge on any atom is 0.264 e. The second-order valence-electron chi connectivity index (χ2n) is 6.26. The molecule has 3 rings (SSSR count). The van der Waals surface area contributed by atoms with Crippen LogP contribution in [0.3, 0.4) is 0 Å². The number of hydrogen-bond donors (Lipinski definition) is 1. The predicted octanol–water partition coefficient (Wildman–Crippen LogP) is 5.11. The number of carbonyl (C=O) groups is 1. The Bertz CT molecular complexity index is 1180. The Morgan fingerprint density at radius 1 is 1.07 bits per heavy atom. The molecule has 1 N–H and O–H groups in total. The standard InChI is InChI=1S/C22H18ClFN2O3S/c1-2-14-26(18-12-10-17(23)11-13-18)30(28,29)19-7-5-6-16(15-19)22(27)25-21-9-4-3-8-20(21)24/h2-13,15H,1,14H2,(H,25,27). The van der Waals surface area contributed by atoms with Crippen LogP contribution in [0.5, 0.6) is 0 Å². The molecule has 0 unspecified atom stereocenters. The molecule has 0 atom stereocenters. The highest BCUT2D eigenvalue weighted by Gasteiger charge is 2.25. The van der Waals surface area contributed by atoms with E-state index in [0.29, 0.717) is 10.7 Å². The Balaban J connectivity index is 1.94. The van der Waals surface area contributed by atoms with Crippen molar-refractivity contribution in [2.45, 2.75) is 4.90 Å². The van der Waals surface area contributed by atoms with Gasteiger partial charge in [-0.25, -0.2) is 12.8 Å². The number of hydrogen-bond acceptors (Lipinski definition) is 3. The van der Waals surface area contributed by atoms with Crippen molar-refractivity contribution in [3.8, 4) is 0 Å². The SMILES string of the molecule is C=CCN(c1ccc(Cl)cc1)S(=O)(=O)c1cccc(C(=O)Nc2ccccc2F)c1. The van der Waals surface area contributed by atoms with Gasteiger partial charge >= 0.3 is 0 Å². The van der Waals surface area contributed by atoms with Gasteiger partial charge in [0, 0.05) is 10.6 Å². The summed E-state index contributed by atoms with van der Waals surface area (Å²) in [6.07, 6.45) is 1.46.